The van der Waals surface area contributed by atoms with Gasteiger partial charge in [0, 0.05) is 25.7 Å². The summed E-state index contributed by atoms with van der Waals surface area (Å²) in [6, 6.07) is 1.17. The molecule has 32 heavy (non-hydrogen) atoms. The summed E-state index contributed by atoms with van der Waals surface area (Å²) in [5.41, 5.74) is -2.08. The average Bonchev–Trinajstić information content (AvgIpc) is 2.77. The van der Waals surface area contributed by atoms with Gasteiger partial charge >= 0.3 is 12.3 Å². The van der Waals surface area contributed by atoms with Gasteiger partial charge in [-0.05, 0) is 12.1 Å². The highest BCUT2D eigenvalue weighted by molar-refractivity contribution is 5.88. The number of nitrogens with one attached hydrogen (secondary N) is 2. The molecule has 2 aliphatic heterocycles. The number of pyridine rings is 1. The first kappa shape index (κ1) is 22.1. The van der Waals surface area contributed by atoms with E-state index < -0.39 is 30.4 Å². The van der Waals surface area contributed by atoms with E-state index in [1.54, 1.807) is 4.90 Å². The highest BCUT2D eigenvalue weighted by Gasteiger charge is 2.39. The Labute approximate surface area is 177 Å². The van der Waals surface area contributed by atoms with Gasteiger partial charge in [-0.2, -0.15) is 13.2 Å². The second-order valence-electron chi connectivity index (χ2n) is 7.15. The van der Waals surface area contributed by atoms with Gasteiger partial charge in [0.1, 0.15) is 23.7 Å². The minimum atomic E-state index is -4.75. The lowest BCUT2D eigenvalue weighted by atomic mass is 10.0. The molecule has 0 radical (unpaired) electrons. The van der Waals surface area contributed by atoms with Crippen LogP contribution in [-0.4, -0.2) is 64.9 Å². The lowest BCUT2D eigenvalue weighted by molar-refractivity contribution is -0.137. The molecule has 0 saturated carbocycles. The van der Waals surface area contributed by atoms with Crippen molar-refractivity contribution in [3.05, 3.63) is 29.6 Å². The largest absolute Gasteiger partial charge is 0.435 e. The van der Waals surface area contributed by atoms with Crippen LogP contribution in [0.5, 0.6) is 0 Å². The predicted molar refractivity (Wildman–Crippen MR) is 100 cm³/mol. The lowest BCUT2D eigenvalue weighted by Crippen LogP contribution is -2.52. The summed E-state index contributed by atoms with van der Waals surface area (Å²) in [6.45, 7) is 0.666. The maximum absolute atomic E-state index is 13.6. The van der Waals surface area contributed by atoms with Gasteiger partial charge in [0.2, 0.25) is 0 Å². The van der Waals surface area contributed by atoms with Gasteiger partial charge in [-0.25, -0.2) is 28.5 Å². The standard InChI is InChI=1S/C18H17F5N6O3/c19-15(20)14-12-13(25-7-26-16(12)28-17(31)32-14)10-3-8(18(21,22)23)4-11(27-10)29-2-1-24-9(5-29)6-30/h3-4,7,9,14-15,24,30H,1-2,5-6H2,(H,25,26,28,31)/t9-,14-/m1/s1. The van der Waals surface area contributed by atoms with Gasteiger partial charge in [-0.1, -0.05) is 0 Å². The minimum Gasteiger partial charge on any atom is -0.435 e. The number of hydrogen-bond acceptors (Lipinski definition) is 8. The zero-order valence-corrected chi connectivity index (χ0v) is 16.2. The Kier molecular flexibility index (Phi) is 5.81. The van der Waals surface area contributed by atoms with E-state index in [9.17, 15) is 31.9 Å². The van der Waals surface area contributed by atoms with E-state index in [4.69, 9.17) is 0 Å². The fraction of sp³-hybridized carbons (Fsp3) is 0.444. The number of ether oxygens (including phenoxy) is 1. The Morgan fingerprint density at radius 3 is 2.75 bits per heavy atom. The number of amides is 1. The number of nitrogens with zero attached hydrogens (tertiary/aromatic N) is 4. The van der Waals surface area contributed by atoms with Crippen LogP contribution in [0.1, 0.15) is 17.2 Å². The van der Waals surface area contributed by atoms with Crippen molar-refractivity contribution in [2.45, 2.75) is 24.7 Å². The zero-order valence-electron chi connectivity index (χ0n) is 16.2. The molecule has 2 atom stereocenters. The highest BCUT2D eigenvalue weighted by Crippen LogP contribution is 2.41. The molecule has 2 aliphatic rings. The van der Waals surface area contributed by atoms with E-state index in [1.807, 2.05) is 0 Å². The topological polar surface area (TPSA) is 113 Å². The minimum absolute atomic E-state index is 0.0588. The molecule has 3 N–H and O–H groups in total. The van der Waals surface area contributed by atoms with Crippen LogP contribution < -0.4 is 15.5 Å². The molecule has 0 bridgehead atoms. The van der Waals surface area contributed by atoms with Crippen molar-refractivity contribution >= 4 is 17.7 Å². The number of aromatic nitrogens is 3. The fourth-order valence-electron chi connectivity index (χ4n) is 3.57. The number of anilines is 2. The molecule has 4 heterocycles. The van der Waals surface area contributed by atoms with Gasteiger partial charge in [-0.15, -0.1) is 0 Å². The van der Waals surface area contributed by atoms with Crippen LogP contribution in [0.3, 0.4) is 0 Å². The molecule has 0 aliphatic carbocycles. The number of cyclic esters (lactones) is 1. The highest BCUT2D eigenvalue weighted by atomic mass is 19.4. The molecule has 0 unspecified atom stereocenters. The molecular formula is C18H17F5N6O3. The van der Waals surface area contributed by atoms with Crippen LogP contribution in [0, 0.1) is 0 Å². The summed E-state index contributed by atoms with van der Waals surface area (Å²) in [4.78, 5) is 25.0. The van der Waals surface area contributed by atoms with Gasteiger partial charge in [0.15, 0.2) is 6.10 Å². The normalized spacial score (nSPS) is 21.2. The molecule has 2 aromatic heterocycles. The smallest absolute Gasteiger partial charge is 0.416 e. The lowest BCUT2D eigenvalue weighted by Gasteiger charge is -2.34. The Morgan fingerprint density at radius 2 is 2.06 bits per heavy atom. The van der Waals surface area contributed by atoms with Crippen LogP contribution in [0.4, 0.5) is 38.4 Å². The van der Waals surface area contributed by atoms with E-state index in [0.29, 0.717) is 19.2 Å². The molecule has 4 rings (SSSR count). The number of alkyl halides is 5. The molecular weight excluding hydrogens is 443 g/mol. The molecule has 0 aromatic carbocycles. The molecule has 0 spiro atoms. The van der Waals surface area contributed by atoms with E-state index in [0.717, 1.165) is 12.4 Å². The second-order valence-corrected chi connectivity index (χ2v) is 7.15. The van der Waals surface area contributed by atoms with Crippen LogP contribution in [-0.2, 0) is 10.9 Å². The molecule has 1 fully saturated rings. The first-order valence-corrected chi connectivity index (χ1v) is 9.47. The molecule has 2 aromatic rings. The van der Waals surface area contributed by atoms with Crippen molar-refractivity contribution in [2.75, 3.05) is 36.5 Å². The van der Waals surface area contributed by atoms with Crippen molar-refractivity contribution in [1.82, 2.24) is 20.3 Å². The van der Waals surface area contributed by atoms with Crippen molar-refractivity contribution < 1.29 is 36.6 Å². The third-order valence-corrected chi connectivity index (χ3v) is 5.03. The van der Waals surface area contributed by atoms with Crippen LogP contribution in [0.2, 0.25) is 0 Å². The number of halogens is 5. The Hall–Kier alpha value is -3.13. The average molecular weight is 460 g/mol. The molecule has 9 nitrogen and oxygen atoms in total. The Balaban J connectivity index is 1.86. The SMILES string of the molecule is O=C1Nc2ncnc(-c3cc(C(F)(F)F)cc(N4CCN[C@@H](CO)C4)n3)c2[C@H](C(F)F)O1. The fourth-order valence-corrected chi connectivity index (χ4v) is 3.57. The van der Waals surface area contributed by atoms with Gasteiger partial charge in [-0.3, -0.25) is 5.32 Å². The van der Waals surface area contributed by atoms with Crippen molar-refractivity contribution in [3.8, 4) is 11.4 Å². The van der Waals surface area contributed by atoms with E-state index in [2.05, 4.69) is 30.3 Å². The number of hydrogen-bond donors (Lipinski definition) is 3. The number of carbonyl (C=O) groups excluding carboxylic acids is 1. The summed E-state index contributed by atoms with van der Waals surface area (Å²) in [5, 5.41) is 14.6. The molecule has 14 heteroatoms. The van der Waals surface area contributed by atoms with Crippen LogP contribution in [0.25, 0.3) is 11.4 Å². The van der Waals surface area contributed by atoms with Crippen molar-refractivity contribution in [3.63, 3.8) is 0 Å². The molecule has 172 valence electrons. The number of carbonyl (C=O) groups is 1. The number of fused-ring (bicyclic) bond motifs is 1. The third kappa shape index (κ3) is 4.27. The number of aliphatic hydroxyl groups is 1. The monoisotopic (exact) mass is 460 g/mol. The maximum Gasteiger partial charge on any atom is 0.416 e. The second kappa shape index (κ2) is 8.43. The van der Waals surface area contributed by atoms with Crippen LogP contribution in [0.15, 0.2) is 18.5 Å². The summed E-state index contributed by atoms with van der Waals surface area (Å²) >= 11 is 0. The first-order valence-electron chi connectivity index (χ1n) is 9.47. The first-order chi connectivity index (χ1) is 15.2. The Bertz CT molecular complexity index is 1020. The summed E-state index contributed by atoms with van der Waals surface area (Å²) in [6.07, 6.45) is -10.2. The molecule has 1 amide bonds. The van der Waals surface area contributed by atoms with E-state index >= 15 is 0 Å². The summed E-state index contributed by atoms with van der Waals surface area (Å²) in [7, 11) is 0. The van der Waals surface area contributed by atoms with Gasteiger partial charge in [0.05, 0.1) is 23.4 Å². The van der Waals surface area contributed by atoms with E-state index in [1.165, 1.54) is 0 Å². The van der Waals surface area contributed by atoms with Gasteiger partial charge in [0.25, 0.3) is 6.43 Å². The predicted octanol–water partition coefficient (Wildman–Crippen LogP) is 2.20. The maximum atomic E-state index is 13.6. The van der Waals surface area contributed by atoms with Crippen LogP contribution >= 0.6 is 0 Å². The zero-order chi connectivity index (χ0) is 23.0. The van der Waals surface area contributed by atoms with Crippen molar-refractivity contribution in [1.29, 1.82) is 0 Å². The summed E-state index contributed by atoms with van der Waals surface area (Å²) in [5.74, 6) is -0.351. The molecule has 1 saturated heterocycles. The van der Waals surface area contributed by atoms with Gasteiger partial charge < -0.3 is 20.1 Å². The number of aliphatic hydroxyl groups excluding tert-OH is 1. The quantitative estimate of drug-likeness (QED) is 0.596. The third-order valence-electron chi connectivity index (χ3n) is 5.03. The number of rotatable bonds is 4. The van der Waals surface area contributed by atoms with Crippen molar-refractivity contribution in [2.24, 2.45) is 0 Å². The number of piperazine rings is 1. The Morgan fingerprint density at radius 1 is 1.28 bits per heavy atom. The van der Waals surface area contributed by atoms with E-state index in [-0.39, 0.29) is 47.8 Å². The summed E-state index contributed by atoms with van der Waals surface area (Å²) < 4.78 is 72.7.